The summed E-state index contributed by atoms with van der Waals surface area (Å²) in [6.07, 6.45) is 1.65. The van der Waals surface area contributed by atoms with Crippen LogP contribution in [0.5, 0.6) is 0 Å². The molecule has 1 atom stereocenters. The molecule has 0 aliphatic heterocycles. The Labute approximate surface area is 187 Å². The number of rotatable bonds is 7. The summed E-state index contributed by atoms with van der Waals surface area (Å²) in [6.45, 7) is 5.84. The summed E-state index contributed by atoms with van der Waals surface area (Å²) in [7, 11) is 0. The van der Waals surface area contributed by atoms with Crippen molar-refractivity contribution < 1.29 is 4.79 Å². The topological polar surface area (TPSA) is 76.9 Å². The number of hydrogen-bond donors (Lipinski definition) is 1. The van der Waals surface area contributed by atoms with Crippen LogP contribution in [0.25, 0.3) is 22.2 Å². The first kappa shape index (κ1) is 21.0. The van der Waals surface area contributed by atoms with E-state index in [1.165, 1.54) is 23.1 Å². The Morgan fingerprint density at radius 2 is 1.94 bits per heavy atom. The van der Waals surface area contributed by atoms with Gasteiger partial charge in [0.25, 0.3) is 5.56 Å². The van der Waals surface area contributed by atoms with E-state index in [2.05, 4.69) is 21.9 Å². The molecule has 2 heterocycles. The van der Waals surface area contributed by atoms with Crippen molar-refractivity contribution in [2.24, 2.45) is 0 Å². The zero-order chi connectivity index (χ0) is 21.8. The summed E-state index contributed by atoms with van der Waals surface area (Å²) in [4.78, 5) is 34.8. The number of nitrogens with zero attached hydrogens (tertiary/aromatic N) is 3. The maximum atomic E-state index is 12.9. The van der Waals surface area contributed by atoms with Crippen LogP contribution in [0.1, 0.15) is 6.92 Å². The number of para-hydroxylation sites is 1. The lowest BCUT2D eigenvalue weighted by Gasteiger charge is -2.15. The van der Waals surface area contributed by atoms with E-state index in [9.17, 15) is 9.59 Å². The van der Waals surface area contributed by atoms with Crippen molar-refractivity contribution in [2.45, 2.75) is 23.9 Å². The number of carbonyl (C=O) groups is 1. The minimum absolute atomic E-state index is 0.145. The number of thiazole rings is 1. The SMILES string of the molecule is C=CCn1c(S[C@@H](C)C(=O)Nc2nc(-c3ccccc3)cs2)nc2ccccc2c1=O. The van der Waals surface area contributed by atoms with E-state index in [-0.39, 0.29) is 11.5 Å². The molecule has 0 saturated carbocycles. The Hall–Kier alpha value is -3.23. The fourth-order valence-electron chi connectivity index (χ4n) is 3.02. The summed E-state index contributed by atoms with van der Waals surface area (Å²) in [5, 5.41) is 5.86. The molecular weight excluding hydrogens is 428 g/mol. The van der Waals surface area contributed by atoms with Gasteiger partial charge in [0.05, 0.1) is 21.8 Å². The second-order valence-electron chi connectivity index (χ2n) is 6.77. The van der Waals surface area contributed by atoms with Gasteiger partial charge in [0.1, 0.15) is 0 Å². The van der Waals surface area contributed by atoms with Gasteiger partial charge in [-0.3, -0.25) is 14.2 Å². The number of nitrogens with one attached hydrogen (secondary N) is 1. The second-order valence-corrected chi connectivity index (χ2v) is 8.94. The molecule has 31 heavy (non-hydrogen) atoms. The van der Waals surface area contributed by atoms with Crippen molar-refractivity contribution in [3.8, 4) is 11.3 Å². The van der Waals surface area contributed by atoms with Crippen molar-refractivity contribution in [1.82, 2.24) is 14.5 Å². The number of allylic oxidation sites excluding steroid dienone is 1. The number of carbonyl (C=O) groups excluding carboxylic acids is 1. The van der Waals surface area contributed by atoms with E-state index >= 15 is 0 Å². The molecule has 1 amide bonds. The van der Waals surface area contributed by atoms with Gasteiger partial charge in [-0.25, -0.2) is 9.97 Å². The smallest absolute Gasteiger partial charge is 0.262 e. The fraction of sp³-hybridized carbons (Fsp3) is 0.130. The van der Waals surface area contributed by atoms with Crippen molar-refractivity contribution in [3.05, 3.63) is 83.0 Å². The number of amides is 1. The van der Waals surface area contributed by atoms with Gasteiger partial charge < -0.3 is 5.32 Å². The van der Waals surface area contributed by atoms with Crippen LogP contribution in [-0.2, 0) is 11.3 Å². The monoisotopic (exact) mass is 448 g/mol. The van der Waals surface area contributed by atoms with Crippen LogP contribution >= 0.6 is 23.1 Å². The zero-order valence-electron chi connectivity index (χ0n) is 16.8. The Morgan fingerprint density at radius 3 is 2.71 bits per heavy atom. The van der Waals surface area contributed by atoms with Gasteiger partial charge >= 0.3 is 0 Å². The standard InChI is InChI=1S/C23H20N4O2S2/c1-3-13-27-21(29)17-11-7-8-12-18(17)25-23(27)31-15(2)20(28)26-22-24-19(14-30-22)16-9-5-4-6-10-16/h3-12,14-15H,1,13H2,2H3,(H,24,26,28)/t15-/m0/s1. The minimum Gasteiger partial charge on any atom is -0.301 e. The summed E-state index contributed by atoms with van der Waals surface area (Å²) in [6, 6.07) is 17.0. The van der Waals surface area contributed by atoms with E-state index in [4.69, 9.17) is 0 Å². The van der Waals surface area contributed by atoms with Crippen LogP contribution in [0.3, 0.4) is 0 Å². The zero-order valence-corrected chi connectivity index (χ0v) is 18.5. The van der Waals surface area contributed by atoms with Crippen LogP contribution in [-0.4, -0.2) is 25.7 Å². The number of fused-ring (bicyclic) bond motifs is 1. The molecule has 0 unspecified atom stereocenters. The molecule has 4 rings (SSSR count). The summed E-state index contributed by atoms with van der Waals surface area (Å²) in [5.41, 5.74) is 2.27. The summed E-state index contributed by atoms with van der Waals surface area (Å²) < 4.78 is 1.54. The maximum Gasteiger partial charge on any atom is 0.262 e. The highest BCUT2D eigenvalue weighted by molar-refractivity contribution is 8.00. The normalized spacial score (nSPS) is 11.9. The molecule has 2 aromatic heterocycles. The summed E-state index contributed by atoms with van der Waals surface area (Å²) in [5.74, 6) is -0.202. The molecule has 0 fully saturated rings. The molecule has 6 nitrogen and oxygen atoms in total. The average molecular weight is 449 g/mol. The Bertz CT molecular complexity index is 1300. The molecule has 156 valence electrons. The highest BCUT2D eigenvalue weighted by Crippen LogP contribution is 2.27. The number of hydrogen-bond acceptors (Lipinski definition) is 6. The first-order chi connectivity index (χ1) is 15.1. The summed E-state index contributed by atoms with van der Waals surface area (Å²) >= 11 is 2.61. The minimum atomic E-state index is -0.479. The first-order valence-corrected chi connectivity index (χ1v) is 11.4. The Morgan fingerprint density at radius 1 is 1.19 bits per heavy atom. The molecule has 0 radical (unpaired) electrons. The Kier molecular flexibility index (Phi) is 6.29. The van der Waals surface area contributed by atoms with Crippen LogP contribution in [0, 0.1) is 0 Å². The van der Waals surface area contributed by atoms with E-state index < -0.39 is 5.25 Å². The molecule has 2 aromatic carbocycles. The lowest BCUT2D eigenvalue weighted by molar-refractivity contribution is -0.115. The van der Waals surface area contributed by atoms with Crippen molar-refractivity contribution >= 4 is 45.0 Å². The van der Waals surface area contributed by atoms with Gasteiger partial charge in [-0.15, -0.1) is 17.9 Å². The van der Waals surface area contributed by atoms with E-state index in [1.807, 2.05) is 47.8 Å². The van der Waals surface area contributed by atoms with E-state index in [0.717, 1.165) is 11.3 Å². The van der Waals surface area contributed by atoms with Gasteiger partial charge in [0.15, 0.2) is 10.3 Å². The Balaban J connectivity index is 1.53. The highest BCUT2D eigenvalue weighted by atomic mass is 32.2. The predicted molar refractivity (Wildman–Crippen MR) is 128 cm³/mol. The maximum absolute atomic E-state index is 12.9. The lowest BCUT2D eigenvalue weighted by Crippen LogP contribution is -2.26. The molecule has 8 heteroatoms. The van der Waals surface area contributed by atoms with Crippen LogP contribution in [0.2, 0.25) is 0 Å². The van der Waals surface area contributed by atoms with E-state index in [1.54, 1.807) is 29.7 Å². The molecule has 4 aromatic rings. The molecule has 0 spiro atoms. The third-order valence-electron chi connectivity index (χ3n) is 4.59. The van der Waals surface area contributed by atoms with Crippen LogP contribution in [0.4, 0.5) is 5.13 Å². The average Bonchev–Trinajstić information content (AvgIpc) is 3.25. The quantitative estimate of drug-likeness (QED) is 0.249. The van der Waals surface area contributed by atoms with Gasteiger partial charge in [-0.05, 0) is 19.1 Å². The predicted octanol–water partition coefficient (Wildman–Crippen LogP) is 4.83. The number of benzene rings is 2. The number of anilines is 1. The third-order valence-corrected chi connectivity index (χ3v) is 6.44. The lowest BCUT2D eigenvalue weighted by atomic mass is 10.2. The largest absolute Gasteiger partial charge is 0.301 e. The van der Waals surface area contributed by atoms with Gasteiger partial charge in [0, 0.05) is 17.5 Å². The van der Waals surface area contributed by atoms with Gasteiger partial charge in [0.2, 0.25) is 5.91 Å². The van der Waals surface area contributed by atoms with Crippen molar-refractivity contribution in [3.63, 3.8) is 0 Å². The molecule has 0 saturated heterocycles. The second kappa shape index (κ2) is 9.28. The van der Waals surface area contributed by atoms with Gasteiger partial charge in [-0.2, -0.15) is 0 Å². The van der Waals surface area contributed by atoms with Crippen LogP contribution in [0.15, 0.2) is 82.6 Å². The first-order valence-electron chi connectivity index (χ1n) is 9.66. The number of aromatic nitrogens is 3. The fourth-order valence-corrected chi connectivity index (χ4v) is 4.66. The molecule has 0 bridgehead atoms. The molecule has 0 aliphatic carbocycles. The van der Waals surface area contributed by atoms with Crippen molar-refractivity contribution in [1.29, 1.82) is 0 Å². The molecule has 0 aliphatic rings. The van der Waals surface area contributed by atoms with E-state index in [0.29, 0.717) is 27.7 Å². The molecular formula is C23H20N4O2S2. The third kappa shape index (κ3) is 4.60. The highest BCUT2D eigenvalue weighted by Gasteiger charge is 2.20. The van der Waals surface area contributed by atoms with Gasteiger partial charge in [-0.1, -0.05) is 60.3 Å². The number of thioether (sulfide) groups is 1. The molecule has 1 N–H and O–H groups in total. The van der Waals surface area contributed by atoms with Crippen molar-refractivity contribution in [2.75, 3.05) is 5.32 Å². The van der Waals surface area contributed by atoms with Crippen LogP contribution < -0.4 is 10.9 Å².